The molecule has 2 fully saturated rings. The average Bonchev–Trinajstić information content (AvgIpc) is 3.43. The normalized spacial score (nSPS) is 23.8. The molecule has 7 nitrogen and oxygen atoms in total. The molecule has 0 N–H and O–H groups in total. The van der Waals surface area contributed by atoms with Crippen LogP contribution in [0.25, 0.3) is 5.69 Å². The summed E-state index contributed by atoms with van der Waals surface area (Å²) in [4.78, 5) is 15.0. The lowest BCUT2D eigenvalue weighted by Crippen LogP contribution is -2.43. The molecule has 2 aromatic rings. The monoisotopic (exact) mass is 385 g/mol. The summed E-state index contributed by atoms with van der Waals surface area (Å²) in [7, 11) is 0. The molecule has 28 heavy (non-hydrogen) atoms. The first-order valence-corrected chi connectivity index (χ1v) is 9.82. The highest BCUT2D eigenvalue weighted by Gasteiger charge is 2.36. The van der Waals surface area contributed by atoms with E-state index in [0.29, 0.717) is 26.3 Å². The van der Waals surface area contributed by atoms with Crippen molar-refractivity contribution in [2.75, 3.05) is 19.8 Å². The fourth-order valence-corrected chi connectivity index (χ4v) is 3.76. The molecular weight excluding hydrogens is 358 g/mol. The van der Waals surface area contributed by atoms with Crippen LogP contribution in [0.4, 0.5) is 0 Å². The van der Waals surface area contributed by atoms with Gasteiger partial charge in [0.1, 0.15) is 12.2 Å². The molecule has 2 aliphatic heterocycles. The summed E-state index contributed by atoms with van der Waals surface area (Å²) in [6, 6.07) is 11.9. The maximum atomic E-state index is 13.1. The predicted molar refractivity (Wildman–Crippen MR) is 103 cm³/mol. The van der Waals surface area contributed by atoms with Gasteiger partial charge in [-0.1, -0.05) is 18.2 Å². The standard InChI is InChI=1S/C21H27N3O4/c1-21(2)27-15-18(28-21)14-23(20(25)19-9-6-12-26-19)13-17-10-11-22-24(17)16-7-4-3-5-8-16/h3-5,7-8,10-11,18-19H,6,9,12-15H2,1-2H3/t18-,19+/m1/s1. The maximum Gasteiger partial charge on any atom is 0.252 e. The topological polar surface area (TPSA) is 65.8 Å². The number of rotatable bonds is 6. The molecule has 7 heteroatoms. The van der Waals surface area contributed by atoms with E-state index in [-0.39, 0.29) is 18.1 Å². The van der Waals surface area contributed by atoms with E-state index in [1.165, 1.54) is 0 Å². The van der Waals surface area contributed by atoms with Gasteiger partial charge in [0.15, 0.2) is 5.79 Å². The first-order valence-electron chi connectivity index (χ1n) is 9.82. The number of hydrogen-bond donors (Lipinski definition) is 0. The van der Waals surface area contributed by atoms with Gasteiger partial charge in [0.25, 0.3) is 5.91 Å². The van der Waals surface area contributed by atoms with E-state index < -0.39 is 5.79 Å². The van der Waals surface area contributed by atoms with Gasteiger partial charge in [-0.25, -0.2) is 4.68 Å². The van der Waals surface area contributed by atoms with Gasteiger partial charge in [-0.15, -0.1) is 0 Å². The number of amides is 1. The summed E-state index contributed by atoms with van der Waals surface area (Å²) in [5.41, 5.74) is 1.91. The Balaban J connectivity index is 1.54. The second kappa shape index (κ2) is 8.03. The van der Waals surface area contributed by atoms with Crippen LogP contribution in [0.5, 0.6) is 0 Å². The van der Waals surface area contributed by atoms with Crippen LogP contribution < -0.4 is 0 Å². The lowest BCUT2D eigenvalue weighted by Gasteiger charge is -2.28. The van der Waals surface area contributed by atoms with E-state index in [9.17, 15) is 4.79 Å². The number of para-hydroxylation sites is 1. The van der Waals surface area contributed by atoms with Crippen LogP contribution in [0.2, 0.25) is 0 Å². The Bertz CT molecular complexity index is 799. The van der Waals surface area contributed by atoms with Crippen LogP contribution in [-0.4, -0.2) is 58.3 Å². The Morgan fingerprint density at radius 3 is 2.79 bits per heavy atom. The van der Waals surface area contributed by atoms with Crippen molar-refractivity contribution < 1.29 is 19.0 Å². The molecule has 1 aromatic carbocycles. The third-order valence-electron chi connectivity index (χ3n) is 5.08. The maximum absolute atomic E-state index is 13.1. The molecule has 0 unspecified atom stereocenters. The zero-order valence-electron chi connectivity index (χ0n) is 16.4. The first-order chi connectivity index (χ1) is 13.5. The Kier molecular flexibility index (Phi) is 5.48. The summed E-state index contributed by atoms with van der Waals surface area (Å²) < 4.78 is 19.1. The SMILES string of the molecule is CC1(C)OC[C@@H](CN(Cc2ccnn2-c2ccccc2)C(=O)[C@@H]2CCCO2)O1. The minimum absolute atomic E-state index is 0.00613. The number of hydrogen-bond acceptors (Lipinski definition) is 5. The van der Waals surface area contributed by atoms with E-state index in [4.69, 9.17) is 14.2 Å². The minimum Gasteiger partial charge on any atom is -0.368 e. The fourth-order valence-electron chi connectivity index (χ4n) is 3.76. The van der Waals surface area contributed by atoms with E-state index in [2.05, 4.69) is 5.10 Å². The second-order valence-corrected chi connectivity index (χ2v) is 7.74. The molecule has 2 atom stereocenters. The molecule has 0 saturated carbocycles. The third kappa shape index (κ3) is 4.27. The van der Waals surface area contributed by atoms with Gasteiger partial charge in [-0.3, -0.25) is 4.79 Å². The molecular formula is C21H27N3O4. The lowest BCUT2D eigenvalue weighted by molar-refractivity contribution is -0.151. The average molecular weight is 385 g/mol. The first kappa shape index (κ1) is 19.1. The van der Waals surface area contributed by atoms with Crippen LogP contribution >= 0.6 is 0 Å². The van der Waals surface area contributed by atoms with Crippen molar-refractivity contribution >= 4 is 5.91 Å². The van der Waals surface area contributed by atoms with Crippen molar-refractivity contribution in [3.8, 4) is 5.69 Å². The van der Waals surface area contributed by atoms with Gasteiger partial charge in [0.2, 0.25) is 0 Å². The summed E-state index contributed by atoms with van der Waals surface area (Å²) in [6.07, 6.45) is 2.91. The van der Waals surface area contributed by atoms with Crippen LogP contribution in [0.3, 0.4) is 0 Å². The number of carbonyl (C=O) groups excluding carboxylic acids is 1. The molecule has 0 aliphatic carbocycles. The van der Waals surface area contributed by atoms with Crippen molar-refractivity contribution in [3.63, 3.8) is 0 Å². The van der Waals surface area contributed by atoms with Gasteiger partial charge in [0.05, 0.1) is 24.5 Å². The summed E-state index contributed by atoms with van der Waals surface area (Å²) >= 11 is 0. The predicted octanol–water partition coefficient (Wildman–Crippen LogP) is 2.53. The van der Waals surface area contributed by atoms with Crippen LogP contribution in [0, 0.1) is 0 Å². The summed E-state index contributed by atoms with van der Waals surface area (Å²) in [5, 5.41) is 4.44. The van der Waals surface area contributed by atoms with Crippen molar-refractivity contribution in [2.24, 2.45) is 0 Å². The number of ether oxygens (including phenoxy) is 3. The lowest BCUT2D eigenvalue weighted by atomic mass is 10.2. The number of aromatic nitrogens is 2. The Hall–Kier alpha value is -2.22. The molecule has 0 radical (unpaired) electrons. The van der Waals surface area contributed by atoms with Gasteiger partial charge < -0.3 is 19.1 Å². The van der Waals surface area contributed by atoms with Gasteiger partial charge >= 0.3 is 0 Å². The molecule has 1 aromatic heterocycles. The van der Waals surface area contributed by atoms with Crippen molar-refractivity contribution in [1.82, 2.24) is 14.7 Å². The van der Waals surface area contributed by atoms with E-state index in [1.807, 2.05) is 59.8 Å². The molecule has 2 saturated heterocycles. The van der Waals surface area contributed by atoms with E-state index >= 15 is 0 Å². The molecule has 150 valence electrons. The fraction of sp³-hybridized carbons (Fsp3) is 0.524. The molecule has 3 heterocycles. The zero-order chi connectivity index (χ0) is 19.6. The van der Waals surface area contributed by atoms with Gasteiger partial charge in [0, 0.05) is 19.3 Å². The molecule has 0 spiro atoms. The van der Waals surface area contributed by atoms with E-state index in [1.54, 1.807) is 6.20 Å². The smallest absolute Gasteiger partial charge is 0.252 e. The Morgan fingerprint density at radius 2 is 2.11 bits per heavy atom. The van der Waals surface area contributed by atoms with Gasteiger partial charge in [-0.2, -0.15) is 5.10 Å². The largest absolute Gasteiger partial charge is 0.368 e. The van der Waals surface area contributed by atoms with Crippen molar-refractivity contribution in [1.29, 1.82) is 0 Å². The van der Waals surface area contributed by atoms with Crippen molar-refractivity contribution in [3.05, 3.63) is 48.3 Å². The van der Waals surface area contributed by atoms with Gasteiger partial charge in [-0.05, 0) is 44.9 Å². The molecule has 4 rings (SSSR count). The summed E-state index contributed by atoms with van der Waals surface area (Å²) in [5.74, 6) is -0.610. The second-order valence-electron chi connectivity index (χ2n) is 7.74. The van der Waals surface area contributed by atoms with E-state index in [0.717, 1.165) is 24.2 Å². The highest BCUT2D eigenvalue weighted by atomic mass is 16.7. The highest BCUT2D eigenvalue weighted by Crippen LogP contribution is 2.25. The number of benzene rings is 1. The number of carbonyl (C=O) groups is 1. The van der Waals surface area contributed by atoms with Crippen molar-refractivity contribution in [2.45, 2.75) is 51.2 Å². The Morgan fingerprint density at radius 1 is 1.29 bits per heavy atom. The quantitative estimate of drug-likeness (QED) is 0.765. The third-order valence-corrected chi connectivity index (χ3v) is 5.08. The molecule has 2 aliphatic rings. The zero-order valence-corrected chi connectivity index (χ0v) is 16.4. The van der Waals surface area contributed by atoms with Crippen LogP contribution in [0.1, 0.15) is 32.4 Å². The summed E-state index contributed by atoms with van der Waals surface area (Å²) in [6.45, 7) is 5.80. The van der Waals surface area contributed by atoms with Crippen LogP contribution in [0.15, 0.2) is 42.6 Å². The Labute approximate surface area is 165 Å². The number of nitrogens with zero attached hydrogens (tertiary/aromatic N) is 3. The van der Waals surface area contributed by atoms with Crippen LogP contribution in [-0.2, 0) is 25.5 Å². The molecule has 0 bridgehead atoms. The highest BCUT2D eigenvalue weighted by molar-refractivity contribution is 5.81. The minimum atomic E-state index is -0.616. The molecule has 1 amide bonds.